The molecule has 2 rings (SSSR count). The number of aromatic nitrogens is 1. The fourth-order valence-corrected chi connectivity index (χ4v) is 1.55. The van der Waals surface area contributed by atoms with Gasteiger partial charge in [-0.2, -0.15) is 35.9 Å². The zero-order valence-corrected chi connectivity index (χ0v) is 14.4. The maximum atomic E-state index is 10.0. The largest absolute Gasteiger partial charge is 0.512 e. The van der Waals surface area contributed by atoms with Crippen molar-refractivity contribution in [1.29, 1.82) is 0 Å². The number of pyridine rings is 1. The molecule has 4 heteroatoms. The predicted molar refractivity (Wildman–Crippen MR) is 79.4 cm³/mol. The van der Waals surface area contributed by atoms with Crippen molar-refractivity contribution in [3.63, 3.8) is 0 Å². The number of rotatable bonds is 3. The minimum atomic E-state index is -0.125. The molecule has 0 unspecified atom stereocenters. The van der Waals surface area contributed by atoms with Gasteiger partial charge in [-0.05, 0) is 32.4 Å². The molecule has 0 saturated carbocycles. The molecule has 1 radical (unpaired) electrons. The molecule has 3 nitrogen and oxygen atoms in total. The number of nitrogens with zero attached hydrogens (tertiary/aromatic N) is 1. The number of ketones is 1. The first kappa shape index (κ1) is 19.2. The van der Waals surface area contributed by atoms with Gasteiger partial charge in [-0.15, -0.1) is 0 Å². The van der Waals surface area contributed by atoms with Gasteiger partial charge in [-0.3, -0.25) is 9.78 Å². The number of hydrogen-bond acceptors (Lipinski definition) is 3. The molecule has 0 fully saturated rings. The molecule has 1 aromatic heterocycles. The second-order valence-corrected chi connectivity index (χ2v) is 4.31. The van der Waals surface area contributed by atoms with Gasteiger partial charge in [0.1, 0.15) is 0 Å². The van der Waals surface area contributed by atoms with Crippen molar-refractivity contribution >= 4 is 5.78 Å². The van der Waals surface area contributed by atoms with Gasteiger partial charge in [0.25, 0.3) is 0 Å². The Labute approximate surface area is 139 Å². The summed E-state index contributed by atoms with van der Waals surface area (Å²) in [7, 11) is 0. The Morgan fingerprint density at radius 2 is 2.05 bits per heavy atom. The number of allylic oxidation sites excluding steroid dienone is 2. The maximum absolute atomic E-state index is 10.0. The van der Waals surface area contributed by atoms with Crippen LogP contribution in [-0.4, -0.2) is 15.9 Å². The van der Waals surface area contributed by atoms with E-state index in [9.17, 15) is 4.79 Å². The molecule has 2 aromatic rings. The van der Waals surface area contributed by atoms with Gasteiger partial charge < -0.3 is 5.11 Å². The van der Waals surface area contributed by atoms with Crippen LogP contribution in [0.1, 0.15) is 25.1 Å². The van der Waals surface area contributed by atoms with Crippen LogP contribution in [-0.2, 0) is 31.3 Å². The van der Waals surface area contributed by atoms with Gasteiger partial charge in [0.2, 0.25) is 0 Å². The van der Waals surface area contributed by atoms with E-state index in [1.54, 1.807) is 0 Å². The van der Waals surface area contributed by atoms with Crippen molar-refractivity contribution in [3.05, 3.63) is 77.8 Å². The Morgan fingerprint density at radius 1 is 1.29 bits per heavy atom. The van der Waals surface area contributed by atoms with Crippen molar-refractivity contribution in [1.82, 2.24) is 4.98 Å². The summed E-state index contributed by atoms with van der Waals surface area (Å²) in [4.78, 5) is 14.3. The molecule has 21 heavy (non-hydrogen) atoms. The summed E-state index contributed by atoms with van der Waals surface area (Å²) in [5, 5.41) is 8.36. The molecule has 0 aliphatic rings. The van der Waals surface area contributed by atoms with E-state index in [4.69, 9.17) is 5.11 Å². The molecule has 1 N–H and O–H groups in total. The van der Waals surface area contributed by atoms with Gasteiger partial charge in [0, 0.05) is 38.1 Å². The Kier molecular flexibility index (Phi) is 10.0. The smallest absolute Gasteiger partial charge is 0.155 e. The minimum Gasteiger partial charge on any atom is -0.512 e. The summed E-state index contributed by atoms with van der Waals surface area (Å²) in [6.45, 7) is 2.85. The van der Waals surface area contributed by atoms with Crippen molar-refractivity contribution in [2.24, 2.45) is 0 Å². The van der Waals surface area contributed by atoms with Crippen molar-refractivity contribution in [2.75, 3.05) is 0 Å². The minimum absolute atomic E-state index is 0. The number of hydrogen-bond donors (Lipinski definition) is 1. The molecule has 0 saturated heterocycles. The average Bonchev–Trinajstić information content (AvgIpc) is 2.40. The number of benzene rings is 1. The van der Waals surface area contributed by atoms with Crippen molar-refractivity contribution in [2.45, 2.75) is 20.3 Å². The summed E-state index contributed by atoms with van der Waals surface area (Å²) in [5.41, 5.74) is 2.35. The van der Waals surface area contributed by atoms with Crippen LogP contribution in [0.5, 0.6) is 0 Å². The second kappa shape index (κ2) is 11.0. The Hall–Kier alpha value is -1.77. The van der Waals surface area contributed by atoms with Gasteiger partial charge >= 0.3 is 0 Å². The SMILES string of the molecule is CC(=O)C=C(C)O.[Ir].[c-]1cccc(Cc2ccccn2)c1. The molecule has 113 valence electrons. The summed E-state index contributed by atoms with van der Waals surface area (Å²) < 4.78 is 0. The van der Waals surface area contributed by atoms with Crippen molar-refractivity contribution < 1.29 is 30.0 Å². The predicted octanol–water partition coefficient (Wildman–Crippen LogP) is 3.51. The van der Waals surface area contributed by atoms with E-state index in [0.29, 0.717) is 0 Å². The van der Waals surface area contributed by atoms with E-state index >= 15 is 0 Å². The Balaban J connectivity index is 0.000000436. The van der Waals surface area contributed by atoms with Gasteiger partial charge in [0.15, 0.2) is 5.78 Å². The molecule has 1 heterocycles. The van der Waals surface area contributed by atoms with Crippen LogP contribution in [0, 0.1) is 6.07 Å². The third kappa shape index (κ3) is 9.72. The molecule has 0 aliphatic heterocycles. The van der Waals surface area contributed by atoms with Gasteiger partial charge in [-0.25, -0.2) is 0 Å². The number of carbonyl (C=O) groups is 1. The standard InChI is InChI=1S/C12H10N.C5H8O2.Ir/c1-2-6-11(7-3-1)10-12-8-4-5-9-13-12;1-4(6)3-5(2)7;/h1-2,4-9H,10H2;3,6H,1-2H3;/q-1;;. The van der Waals surface area contributed by atoms with E-state index in [1.165, 1.54) is 25.5 Å². The first-order valence-corrected chi connectivity index (χ1v) is 6.30. The van der Waals surface area contributed by atoms with Gasteiger partial charge in [-0.1, -0.05) is 6.07 Å². The van der Waals surface area contributed by atoms with E-state index in [-0.39, 0.29) is 31.6 Å². The van der Waals surface area contributed by atoms with E-state index in [1.807, 2.05) is 42.6 Å². The van der Waals surface area contributed by atoms with Gasteiger partial charge in [0.05, 0.1) is 5.76 Å². The Morgan fingerprint density at radius 3 is 2.48 bits per heavy atom. The molecule has 0 aliphatic carbocycles. The molecule has 0 amide bonds. The molecule has 0 bridgehead atoms. The fraction of sp³-hybridized carbons (Fsp3) is 0.176. The van der Waals surface area contributed by atoms with Crippen LogP contribution in [0.3, 0.4) is 0 Å². The van der Waals surface area contributed by atoms with Crippen molar-refractivity contribution in [3.8, 4) is 0 Å². The second-order valence-electron chi connectivity index (χ2n) is 4.31. The van der Waals surface area contributed by atoms with Crippen LogP contribution in [0.4, 0.5) is 0 Å². The first-order valence-electron chi connectivity index (χ1n) is 6.30. The Bertz CT molecular complexity index is 512. The summed E-state index contributed by atoms with van der Waals surface area (Å²) in [5.74, 6) is -0.0625. The molecular formula is C17H18IrNO2-. The molecular weight excluding hydrogens is 442 g/mol. The monoisotopic (exact) mass is 461 g/mol. The number of carbonyl (C=O) groups excluding carboxylic acids is 1. The van der Waals surface area contributed by atoms with Crippen LogP contribution < -0.4 is 0 Å². The third-order valence-electron chi connectivity index (χ3n) is 2.30. The van der Waals surface area contributed by atoms with E-state index in [2.05, 4.69) is 17.1 Å². The van der Waals surface area contributed by atoms with Crippen LogP contribution in [0.25, 0.3) is 0 Å². The van der Waals surface area contributed by atoms with E-state index in [0.717, 1.165) is 12.1 Å². The normalized spacial score (nSPS) is 9.90. The quantitative estimate of drug-likeness (QED) is 0.433. The van der Waals surface area contributed by atoms with Crippen LogP contribution in [0.15, 0.2) is 60.5 Å². The average molecular weight is 461 g/mol. The van der Waals surface area contributed by atoms with Crippen LogP contribution >= 0.6 is 0 Å². The maximum Gasteiger partial charge on any atom is 0.155 e. The molecule has 0 atom stereocenters. The zero-order valence-electron chi connectivity index (χ0n) is 12.0. The topological polar surface area (TPSA) is 50.2 Å². The van der Waals surface area contributed by atoms with Crippen LogP contribution in [0.2, 0.25) is 0 Å². The summed E-state index contributed by atoms with van der Waals surface area (Å²) >= 11 is 0. The molecule has 1 aromatic carbocycles. The van der Waals surface area contributed by atoms with E-state index < -0.39 is 0 Å². The molecule has 0 spiro atoms. The zero-order chi connectivity index (χ0) is 14.8. The number of aliphatic hydroxyl groups is 1. The fourth-order valence-electron chi connectivity index (χ4n) is 1.55. The summed E-state index contributed by atoms with van der Waals surface area (Å²) in [6, 6.07) is 17.0. The summed E-state index contributed by atoms with van der Waals surface area (Å²) in [6.07, 6.45) is 3.88. The first-order chi connectivity index (χ1) is 9.58. The third-order valence-corrected chi connectivity index (χ3v) is 2.30. The number of aliphatic hydroxyl groups excluding tert-OH is 1.